The third-order valence-corrected chi connectivity index (χ3v) is 5.21. The van der Waals surface area contributed by atoms with Crippen LogP contribution in [0.15, 0.2) is 88.2 Å². The van der Waals surface area contributed by atoms with Gasteiger partial charge >= 0.3 is 0 Å². The number of fused-ring (bicyclic) bond motifs is 1. The Morgan fingerprint density at radius 3 is 2.67 bits per heavy atom. The van der Waals surface area contributed by atoms with E-state index >= 15 is 0 Å². The van der Waals surface area contributed by atoms with Crippen LogP contribution in [0.2, 0.25) is 0 Å². The molecule has 5 rings (SSSR count). The molecule has 0 atom stereocenters. The zero-order valence-electron chi connectivity index (χ0n) is 17.7. The van der Waals surface area contributed by atoms with Crippen molar-refractivity contribution in [2.45, 2.75) is 13.5 Å². The molecule has 5 aromatic rings. The highest BCUT2D eigenvalue weighted by atomic mass is 16.5. The summed E-state index contributed by atoms with van der Waals surface area (Å²) in [5, 5.41) is 13.9. The van der Waals surface area contributed by atoms with Gasteiger partial charge in [0.25, 0.3) is 5.56 Å². The van der Waals surface area contributed by atoms with Crippen molar-refractivity contribution in [3.63, 3.8) is 0 Å². The highest BCUT2D eigenvalue weighted by Crippen LogP contribution is 2.26. The minimum Gasteiger partial charge on any atom is -0.457 e. The van der Waals surface area contributed by atoms with Crippen LogP contribution in [0, 0.1) is 18.3 Å². The normalized spacial score (nSPS) is 10.8. The molecular weight excluding hydrogens is 416 g/mol. The van der Waals surface area contributed by atoms with E-state index in [0.29, 0.717) is 35.3 Å². The predicted octanol–water partition coefficient (Wildman–Crippen LogP) is 5.07. The Bertz CT molecular complexity index is 1580. The molecule has 0 fully saturated rings. The first-order valence-electron chi connectivity index (χ1n) is 10.3. The number of nitrogens with zero attached hydrogens (tertiary/aromatic N) is 4. The molecule has 7 heteroatoms. The van der Waals surface area contributed by atoms with Crippen molar-refractivity contribution in [3.8, 4) is 29.0 Å². The molecule has 0 aliphatic carbocycles. The third kappa shape index (κ3) is 4.23. The molecule has 2 aromatic heterocycles. The van der Waals surface area contributed by atoms with Crippen LogP contribution in [0.3, 0.4) is 0 Å². The number of ether oxygens (including phenoxy) is 1. The van der Waals surface area contributed by atoms with Crippen LogP contribution in [0.1, 0.15) is 17.0 Å². The molecule has 7 nitrogen and oxygen atoms in total. The molecule has 160 valence electrons. The van der Waals surface area contributed by atoms with Gasteiger partial charge in [-0.3, -0.25) is 4.79 Å². The van der Waals surface area contributed by atoms with Gasteiger partial charge < -0.3 is 13.8 Å². The van der Waals surface area contributed by atoms with E-state index in [1.165, 1.54) is 0 Å². The molecule has 0 saturated carbocycles. The van der Waals surface area contributed by atoms with Gasteiger partial charge in [-0.05, 0) is 54.1 Å². The summed E-state index contributed by atoms with van der Waals surface area (Å²) in [6.45, 7) is 2.14. The maximum Gasteiger partial charge on any atom is 0.251 e. The first-order chi connectivity index (χ1) is 16.1. The minimum atomic E-state index is -0.0984. The number of hydrogen-bond acceptors (Lipinski definition) is 6. The topological polar surface area (TPSA) is 93.9 Å². The summed E-state index contributed by atoms with van der Waals surface area (Å²) in [4.78, 5) is 17.0. The van der Waals surface area contributed by atoms with Gasteiger partial charge in [0.1, 0.15) is 11.5 Å². The second-order valence-corrected chi connectivity index (χ2v) is 7.56. The molecule has 33 heavy (non-hydrogen) atoms. The lowest BCUT2D eigenvalue weighted by Crippen LogP contribution is -2.19. The largest absolute Gasteiger partial charge is 0.457 e. The van der Waals surface area contributed by atoms with E-state index in [1.54, 1.807) is 47.9 Å². The maximum absolute atomic E-state index is 12.7. The van der Waals surface area contributed by atoms with Crippen molar-refractivity contribution in [1.82, 2.24) is 14.7 Å². The molecule has 2 heterocycles. The molecular formula is C26H18N4O3. The van der Waals surface area contributed by atoms with Crippen molar-refractivity contribution >= 4 is 10.9 Å². The Morgan fingerprint density at radius 2 is 1.85 bits per heavy atom. The summed E-state index contributed by atoms with van der Waals surface area (Å²) in [7, 11) is 0. The number of pyridine rings is 1. The standard InChI is InChI=1S/C26H18N4O3/c1-17-28-26(29-33-17)21-6-2-5-19(12-21)16-30-24-10-9-23(14-20(24)8-11-25(30)31)32-22-7-3-4-18(13-22)15-27/h2-14H,16H2,1H3. The van der Waals surface area contributed by atoms with Gasteiger partial charge in [-0.1, -0.05) is 29.4 Å². The van der Waals surface area contributed by atoms with E-state index in [2.05, 4.69) is 16.2 Å². The molecule has 3 aromatic carbocycles. The SMILES string of the molecule is Cc1nc(-c2cccc(Cn3c(=O)ccc4cc(Oc5cccc(C#N)c5)ccc43)c2)no1. The van der Waals surface area contributed by atoms with Crippen molar-refractivity contribution in [2.24, 2.45) is 0 Å². The third-order valence-electron chi connectivity index (χ3n) is 5.21. The number of rotatable bonds is 5. The van der Waals surface area contributed by atoms with Crippen LogP contribution >= 0.6 is 0 Å². The zero-order valence-corrected chi connectivity index (χ0v) is 17.7. The Balaban J connectivity index is 1.47. The number of aryl methyl sites for hydroxylation is 1. The van der Waals surface area contributed by atoms with Gasteiger partial charge in [0.05, 0.1) is 23.7 Å². The zero-order chi connectivity index (χ0) is 22.8. The Kier molecular flexibility index (Phi) is 5.17. The fourth-order valence-corrected chi connectivity index (χ4v) is 3.68. The number of benzene rings is 3. The Labute approximate surface area is 189 Å². The molecule has 0 saturated heterocycles. The number of aromatic nitrogens is 3. The Hall–Kier alpha value is -4.70. The molecule has 0 spiro atoms. The lowest BCUT2D eigenvalue weighted by atomic mass is 10.1. The smallest absolute Gasteiger partial charge is 0.251 e. The van der Waals surface area contributed by atoms with Crippen molar-refractivity contribution in [2.75, 3.05) is 0 Å². The second kappa shape index (κ2) is 8.44. The quantitative estimate of drug-likeness (QED) is 0.383. The Morgan fingerprint density at radius 1 is 1.00 bits per heavy atom. The van der Waals surface area contributed by atoms with Crippen LogP contribution in [0.5, 0.6) is 11.5 Å². The summed E-state index contributed by atoms with van der Waals surface area (Å²) in [6, 6.07) is 25.7. The fourth-order valence-electron chi connectivity index (χ4n) is 3.68. The van der Waals surface area contributed by atoms with E-state index in [1.807, 2.05) is 42.5 Å². The summed E-state index contributed by atoms with van der Waals surface area (Å²) in [6.07, 6.45) is 0. The van der Waals surface area contributed by atoms with E-state index in [4.69, 9.17) is 14.5 Å². The molecule has 0 aliphatic rings. The van der Waals surface area contributed by atoms with Crippen LogP contribution in [0.25, 0.3) is 22.3 Å². The van der Waals surface area contributed by atoms with Gasteiger partial charge in [0.2, 0.25) is 11.7 Å². The van der Waals surface area contributed by atoms with Crippen LogP contribution in [-0.2, 0) is 6.54 Å². The molecule has 0 N–H and O–H groups in total. The summed E-state index contributed by atoms with van der Waals surface area (Å²) < 4.78 is 12.7. The fraction of sp³-hybridized carbons (Fsp3) is 0.0769. The van der Waals surface area contributed by atoms with Gasteiger partial charge in [0.15, 0.2) is 0 Å². The van der Waals surface area contributed by atoms with Gasteiger partial charge in [-0.2, -0.15) is 10.2 Å². The first kappa shape index (κ1) is 20.2. The summed E-state index contributed by atoms with van der Waals surface area (Å²) in [5.41, 5.74) is 2.99. The van der Waals surface area contributed by atoms with Crippen LogP contribution < -0.4 is 10.3 Å². The molecule has 0 aliphatic heterocycles. The maximum atomic E-state index is 12.7. The summed E-state index contributed by atoms with van der Waals surface area (Å²) >= 11 is 0. The summed E-state index contributed by atoms with van der Waals surface area (Å²) in [5.74, 6) is 2.22. The average molecular weight is 434 g/mol. The highest BCUT2D eigenvalue weighted by Gasteiger charge is 2.10. The second-order valence-electron chi connectivity index (χ2n) is 7.56. The van der Waals surface area contributed by atoms with E-state index in [0.717, 1.165) is 22.0 Å². The van der Waals surface area contributed by atoms with Crippen molar-refractivity contribution < 1.29 is 9.26 Å². The van der Waals surface area contributed by atoms with Crippen molar-refractivity contribution in [1.29, 1.82) is 5.26 Å². The van der Waals surface area contributed by atoms with Crippen molar-refractivity contribution in [3.05, 3.63) is 106 Å². The van der Waals surface area contributed by atoms with Crippen LogP contribution in [-0.4, -0.2) is 14.7 Å². The molecule has 0 bridgehead atoms. The van der Waals surface area contributed by atoms with E-state index < -0.39 is 0 Å². The van der Waals surface area contributed by atoms with Gasteiger partial charge in [-0.15, -0.1) is 0 Å². The number of hydrogen-bond donors (Lipinski definition) is 0. The highest BCUT2D eigenvalue weighted by molar-refractivity contribution is 5.80. The van der Waals surface area contributed by atoms with E-state index in [9.17, 15) is 4.79 Å². The lowest BCUT2D eigenvalue weighted by Gasteiger charge is -2.12. The van der Waals surface area contributed by atoms with Gasteiger partial charge in [0, 0.05) is 23.9 Å². The molecule has 0 radical (unpaired) electrons. The predicted molar refractivity (Wildman–Crippen MR) is 123 cm³/mol. The lowest BCUT2D eigenvalue weighted by molar-refractivity contribution is 0.394. The molecule has 0 amide bonds. The van der Waals surface area contributed by atoms with E-state index in [-0.39, 0.29) is 5.56 Å². The average Bonchev–Trinajstić information content (AvgIpc) is 3.27. The first-order valence-corrected chi connectivity index (χ1v) is 10.3. The monoisotopic (exact) mass is 434 g/mol. The van der Waals surface area contributed by atoms with Crippen LogP contribution in [0.4, 0.5) is 0 Å². The minimum absolute atomic E-state index is 0.0984. The molecule has 0 unspecified atom stereocenters. The number of nitriles is 1. The van der Waals surface area contributed by atoms with Gasteiger partial charge in [-0.25, -0.2) is 0 Å².